The molecule has 0 aliphatic heterocycles. The van der Waals surface area contributed by atoms with Crippen LogP contribution in [0.4, 0.5) is 0 Å². The topological polar surface area (TPSA) is 52.3 Å². The van der Waals surface area contributed by atoms with Crippen molar-refractivity contribution in [3.63, 3.8) is 0 Å². The molecule has 2 N–H and O–H groups in total. The number of esters is 1. The van der Waals surface area contributed by atoms with Crippen molar-refractivity contribution >= 4 is 5.97 Å². The zero-order valence-corrected chi connectivity index (χ0v) is 8.89. The third-order valence-electron chi connectivity index (χ3n) is 2.19. The summed E-state index contributed by atoms with van der Waals surface area (Å²) >= 11 is 0. The van der Waals surface area contributed by atoms with Crippen LogP contribution in [0, 0.1) is 0 Å². The summed E-state index contributed by atoms with van der Waals surface area (Å²) < 4.78 is 4.52. The molecule has 0 aromatic carbocycles. The van der Waals surface area contributed by atoms with E-state index in [-0.39, 0.29) is 5.97 Å². The molecule has 0 bridgehead atoms. The van der Waals surface area contributed by atoms with Crippen molar-refractivity contribution in [1.29, 1.82) is 0 Å². The Morgan fingerprint density at radius 2 is 1.92 bits per heavy atom. The van der Waals surface area contributed by atoms with Gasteiger partial charge in [-0.1, -0.05) is 11.1 Å². The standard InChI is InChI=1S/C10H19NO2/c1-7(2)8(3)5-6-9(11)10(12)13-4/h9H,5-6,11H2,1-4H3. The van der Waals surface area contributed by atoms with Gasteiger partial charge in [0, 0.05) is 0 Å². The summed E-state index contributed by atoms with van der Waals surface area (Å²) in [6.45, 7) is 6.16. The van der Waals surface area contributed by atoms with Gasteiger partial charge < -0.3 is 10.5 Å². The lowest BCUT2D eigenvalue weighted by molar-refractivity contribution is -0.142. The summed E-state index contributed by atoms with van der Waals surface area (Å²) in [7, 11) is 1.36. The van der Waals surface area contributed by atoms with Crippen molar-refractivity contribution in [2.75, 3.05) is 7.11 Å². The van der Waals surface area contributed by atoms with Crippen molar-refractivity contribution in [2.24, 2.45) is 5.73 Å². The Hall–Kier alpha value is -0.830. The normalized spacial score (nSPS) is 12.1. The molecule has 0 aromatic rings. The molecule has 0 heterocycles. The van der Waals surface area contributed by atoms with E-state index in [4.69, 9.17) is 5.73 Å². The van der Waals surface area contributed by atoms with Crippen LogP contribution in [0.1, 0.15) is 33.6 Å². The zero-order valence-electron chi connectivity index (χ0n) is 8.89. The quantitative estimate of drug-likeness (QED) is 0.535. The Morgan fingerprint density at radius 3 is 2.31 bits per heavy atom. The molecule has 0 radical (unpaired) electrons. The van der Waals surface area contributed by atoms with E-state index >= 15 is 0 Å². The fraction of sp³-hybridized carbons (Fsp3) is 0.700. The van der Waals surface area contributed by atoms with Crippen molar-refractivity contribution in [1.82, 2.24) is 0 Å². The number of rotatable bonds is 4. The Balaban J connectivity index is 3.90. The third kappa shape index (κ3) is 4.68. The second kappa shape index (κ2) is 5.75. The second-order valence-corrected chi connectivity index (χ2v) is 3.45. The molecule has 1 unspecified atom stereocenters. The van der Waals surface area contributed by atoms with E-state index in [1.807, 2.05) is 0 Å². The molecule has 0 aliphatic carbocycles. The van der Waals surface area contributed by atoms with E-state index in [9.17, 15) is 4.79 Å². The lowest BCUT2D eigenvalue weighted by atomic mass is 10.0. The summed E-state index contributed by atoms with van der Waals surface area (Å²) in [5.74, 6) is -0.332. The van der Waals surface area contributed by atoms with Crippen LogP contribution in [0.5, 0.6) is 0 Å². The summed E-state index contributed by atoms with van der Waals surface area (Å²) in [5, 5.41) is 0. The Bertz CT molecular complexity index is 205. The van der Waals surface area contributed by atoms with Gasteiger partial charge in [-0.05, 0) is 33.6 Å². The molecule has 13 heavy (non-hydrogen) atoms. The first kappa shape index (κ1) is 12.2. The Kier molecular flexibility index (Phi) is 5.39. The maximum Gasteiger partial charge on any atom is 0.322 e. The van der Waals surface area contributed by atoms with Crippen LogP contribution in [0.2, 0.25) is 0 Å². The summed E-state index contributed by atoms with van der Waals surface area (Å²) in [6.07, 6.45) is 1.52. The van der Waals surface area contributed by atoms with Gasteiger partial charge in [-0.3, -0.25) is 4.79 Å². The van der Waals surface area contributed by atoms with E-state index in [1.165, 1.54) is 18.3 Å². The van der Waals surface area contributed by atoms with Gasteiger partial charge in [0.15, 0.2) is 0 Å². The highest BCUT2D eigenvalue weighted by Crippen LogP contribution is 2.10. The molecule has 76 valence electrons. The number of nitrogens with two attached hydrogens (primary N) is 1. The summed E-state index contributed by atoms with van der Waals surface area (Å²) in [4.78, 5) is 10.9. The maximum absolute atomic E-state index is 10.9. The van der Waals surface area contributed by atoms with Gasteiger partial charge in [-0.25, -0.2) is 0 Å². The Labute approximate surface area is 79.9 Å². The van der Waals surface area contributed by atoms with Crippen molar-refractivity contribution in [3.8, 4) is 0 Å². The van der Waals surface area contributed by atoms with Crippen LogP contribution < -0.4 is 5.73 Å². The molecule has 0 spiro atoms. The van der Waals surface area contributed by atoms with E-state index in [1.54, 1.807) is 0 Å². The molecule has 3 heteroatoms. The molecule has 0 fully saturated rings. The smallest absolute Gasteiger partial charge is 0.322 e. The molecule has 0 saturated carbocycles. The number of hydrogen-bond acceptors (Lipinski definition) is 3. The van der Waals surface area contributed by atoms with E-state index in [0.29, 0.717) is 6.42 Å². The molecule has 0 rings (SSSR count). The molecule has 0 amide bonds. The fourth-order valence-electron chi connectivity index (χ4n) is 0.891. The number of carbonyl (C=O) groups is 1. The minimum Gasteiger partial charge on any atom is -0.468 e. The number of methoxy groups -OCH3 is 1. The average molecular weight is 185 g/mol. The Morgan fingerprint density at radius 1 is 1.38 bits per heavy atom. The van der Waals surface area contributed by atoms with Gasteiger partial charge in [0.25, 0.3) is 0 Å². The van der Waals surface area contributed by atoms with Crippen molar-refractivity contribution < 1.29 is 9.53 Å². The highest BCUT2D eigenvalue weighted by Gasteiger charge is 2.12. The van der Waals surface area contributed by atoms with E-state index in [0.717, 1.165) is 6.42 Å². The number of ether oxygens (including phenoxy) is 1. The molecule has 3 nitrogen and oxygen atoms in total. The summed E-state index contributed by atoms with van der Waals surface area (Å²) in [6, 6.07) is -0.487. The van der Waals surface area contributed by atoms with Gasteiger partial charge in [0.05, 0.1) is 7.11 Å². The average Bonchev–Trinajstić information content (AvgIpc) is 2.11. The van der Waals surface area contributed by atoms with E-state index in [2.05, 4.69) is 25.5 Å². The first-order valence-electron chi connectivity index (χ1n) is 4.45. The third-order valence-corrected chi connectivity index (χ3v) is 2.19. The summed E-state index contributed by atoms with van der Waals surface area (Å²) in [5.41, 5.74) is 8.16. The predicted molar refractivity (Wildman–Crippen MR) is 53.3 cm³/mol. The second-order valence-electron chi connectivity index (χ2n) is 3.45. The number of carbonyl (C=O) groups excluding carboxylic acids is 1. The van der Waals surface area contributed by atoms with Gasteiger partial charge in [0.2, 0.25) is 0 Å². The highest BCUT2D eigenvalue weighted by atomic mass is 16.5. The van der Waals surface area contributed by atoms with Crippen LogP contribution in [-0.4, -0.2) is 19.1 Å². The molecular weight excluding hydrogens is 166 g/mol. The number of allylic oxidation sites excluding steroid dienone is 2. The number of hydrogen-bond donors (Lipinski definition) is 1. The predicted octanol–water partition coefficient (Wildman–Crippen LogP) is 1.62. The molecule has 0 aromatic heterocycles. The molecule has 0 saturated heterocycles. The van der Waals surface area contributed by atoms with Crippen LogP contribution in [0.15, 0.2) is 11.1 Å². The maximum atomic E-state index is 10.9. The van der Waals surface area contributed by atoms with Crippen molar-refractivity contribution in [3.05, 3.63) is 11.1 Å². The van der Waals surface area contributed by atoms with Gasteiger partial charge in [-0.15, -0.1) is 0 Å². The van der Waals surface area contributed by atoms with E-state index < -0.39 is 6.04 Å². The minimum absolute atomic E-state index is 0.332. The fourth-order valence-corrected chi connectivity index (χ4v) is 0.891. The lowest BCUT2D eigenvalue weighted by Crippen LogP contribution is -2.31. The SMILES string of the molecule is COC(=O)C(N)CCC(C)=C(C)C. The van der Waals surface area contributed by atoms with Crippen molar-refractivity contribution in [2.45, 2.75) is 39.7 Å². The van der Waals surface area contributed by atoms with Crippen LogP contribution in [-0.2, 0) is 9.53 Å². The van der Waals surface area contributed by atoms with Gasteiger partial charge in [-0.2, -0.15) is 0 Å². The largest absolute Gasteiger partial charge is 0.468 e. The lowest BCUT2D eigenvalue weighted by Gasteiger charge is -2.09. The monoisotopic (exact) mass is 185 g/mol. The first-order valence-corrected chi connectivity index (χ1v) is 4.45. The van der Waals surface area contributed by atoms with Crippen LogP contribution in [0.25, 0.3) is 0 Å². The highest BCUT2D eigenvalue weighted by molar-refractivity contribution is 5.75. The molecular formula is C10H19NO2. The zero-order chi connectivity index (χ0) is 10.4. The minimum atomic E-state index is -0.487. The molecule has 1 atom stereocenters. The molecule has 0 aliphatic rings. The first-order chi connectivity index (χ1) is 5.99. The van der Waals surface area contributed by atoms with Gasteiger partial charge >= 0.3 is 5.97 Å². The van der Waals surface area contributed by atoms with Gasteiger partial charge in [0.1, 0.15) is 6.04 Å². The van der Waals surface area contributed by atoms with Crippen LogP contribution >= 0.6 is 0 Å². The van der Waals surface area contributed by atoms with Crippen LogP contribution in [0.3, 0.4) is 0 Å².